The van der Waals surface area contributed by atoms with E-state index in [0.29, 0.717) is 11.8 Å². The standard InChI is InChI=1S/C9H17NO/c1-7(2)8-5-4-6-10-9(8)11-3/h7-8H,4-6H2,1-3H3. The molecule has 0 aliphatic carbocycles. The smallest absolute Gasteiger partial charge is 0.186 e. The lowest BCUT2D eigenvalue weighted by Crippen LogP contribution is -2.25. The lowest BCUT2D eigenvalue weighted by Gasteiger charge is -2.24. The minimum atomic E-state index is 0.564. The van der Waals surface area contributed by atoms with E-state index < -0.39 is 0 Å². The van der Waals surface area contributed by atoms with Gasteiger partial charge in [0.25, 0.3) is 0 Å². The molecule has 1 aliphatic heterocycles. The molecule has 64 valence electrons. The second kappa shape index (κ2) is 3.74. The van der Waals surface area contributed by atoms with Crippen LogP contribution in [0.1, 0.15) is 26.7 Å². The number of methoxy groups -OCH3 is 1. The van der Waals surface area contributed by atoms with Crippen LogP contribution in [-0.2, 0) is 4.74 Å². The predicted octanol–water partition coefficient (Wildman–Crippen LogP) is 2.10. The van der Waals surface area contributed by atoms with Gasteiger partial charge in [-0.25, -0.2) is 0 Å². The zero-order valence-corrected chi connectivity index (χ0v) is 7.63. The average molecular weight is 155 g/mol. The summed E-state index contributed by atoms with van der Waals surface area (Å²) in [4.78, 5) is 4.35. The summed E-state index contributed by atoms with van der Waals surface area (Å²) in [5.74, 6) is 2.19. The van der Waals surface area contributed by atoms with Crippen LogP contribution in [0, 0.1) is 11.8 Å². The van der Waals surface area contributed by atoms with Gasteiger partial charge in [-0.2, -0.15) is 0 Å². The Morgan fingerprint density at radius 1 is 1.55 bits per heavy atom. The number of hydrogen-bond acceptors (Lipinski definition) is 2. The topological polar surface area (TPSA) is 21.6 Å². The number of hydrogen-bond donors (Lipinski definition) is 0. The molecule has 1 rings (SSSR count). The van der Waals surface area contributed by atoms with Gasteiger partial charge >= 0.3 is 0 Å². The van der Waals surface area contributed by atoms with Crippen molar-refractivity contribution in [3.8, 4) is 0 Å². The summed E-state index contributed by atoms with van der Waals surface area (Å²) in [5.41, 5.74) is 0. The van der Waals surface area contributed by atoms with Gasteiger partial charge in [0.15, 0.2) is 5.90 Å². The van der Waals surface area contributed by atoms with Gasteiger partial charge in [0.05, 0.1) is 7.11 Å². The second-order valence-corrected chi connectivity index (χ2v) is 3.42. The monoisotopic (exact) mass is 155 g/mol. The molecule has 0 aromatic carbocycles. The SMILES string of the molecule is COC1=NCCCC1C(C)C. The van der Waals surface area contributed by atoms with Gasteiger partial charge in [0.1, 0.15) is 0 Å². The van der Waals surface area contributed by atoms with Gasteiger partial charge in [-0.15, -0.1) is 0 Å². The largest absolute Gasteiger partial charge is 0.484 e. The molecule has 1 heterocycles. The first-order chi connectivity index (χ1) is 5.25. The van der Waals surface area contributed by atoms with E-state index in [0.717, 1.165) is 12.4 Å². The van der Waals surface area contributed by atoms with E-state index in [1.165, 1.54) is 12.8 Å². The molecular weight excluding hydrogens is 138 g/mol. The number of rotatable bonds is 1. The van der Waals surface area contributed by atoms with Crippen molar-refractivity contribution in [3.63, 3.8) is 0 Å². The van der Waals surface area contributed by atoms with Crippen molar-refractivity contribution in [2.24, 2.45) is 16.8 Å². The molecule has 11 heavy (non-hydrogen) atoms. The van der Waals surface area contributed by atoms with E-state index in [1.54, 1.807) is 7.11 Å². The summed E-state index contributed by atoms with van der Waals surface area (Å²) in [6.45, 7) is 5.40. The van der Waals surface area contributed by atoms with Crippen LogP contribution in [0.3, 0.4) is 0 Å². The predicted molar refractivity (Wildman–Crippen MR) is 46.9 cm³/mol. The Morgan fingerprint density at radius 2 is 2.27 bits per heavy atom. The Kier molecular flexibility index (Phi) is 2.92. The zero-order valence-electron chi connectivity index (χ0n) is 7.63. The quantitative estimate of drug-likeness (QED) is 0.568. The molecule has 1 unspecified atom stereocenters. The number of nitrogens with zero attached hydrogens (tertiary/aromatic N) is 1. The number of aliphatic imine (C=N–C) groups is 1. The molecule has 0 saturated heterocycles. The highest BCUT2D eigenvalue weighted by Gasteiger charge is 2.22. The Bertz CT molecular complexity index is 152. The Balaban J connectivity index is 2.62. The van der Waals surface area contributed by atoms with Crippen LogP contribution in [0.2, 0.25) is 0 Å². The highest BCUT2D eigenvalue weighted by atomic mass is 16.5. The molecule has 0 bridgehead atoms. The van der Waals surface area contributed by atoms with E-state index >= 15 is 0 Å². The van der Waals surface area contributed by atoms with E-state index in [2.05, 4.69) is 18.8 Å². The normalized spacial score (nSPS) is 25.1. The molecule has 2 nitrogen and oxygen atoms in total. The summed E-state index contributed by atoms with van der Waals surface area (Å²) in [6, 6.07) is 0. The van der Waals surface area contributed by atoms with Crippen LogP contribution in [0.4, 0.5) is 0 Å². The number of ether oxygens (including phenoxy) is 1. The van der Waals surface area contributed by atoms with Gasteiger partial charge in [-0.05, 0) is 18.8 Å². The first-order valence-corrected chi connectivity index (χ1v) is 4.34. The highest BCUT2D eigenvalue weighted by Crippen LogP contribution is 2.22. The van der Waals surface area contributed by atoms with Crippen molar-refractivity contribution in [1.82, 2.24) is 0 Å². The molecule has 1 atom stereocenters. The fraction of sp³-hybridized carbons (Fsp3) is 0.889. The van der Waals surface area contributed by atoms with Gasteiger partial charge in [0, 0.05) is 12.5 Å². The van der Waals surface area contributed by atoms with Crippen LogP contribution in [-0.4, -0.2) is 19.6 Å². The third-order valence-electron chi connectivity index (χ3n) is 2.27. The van der Waals surface area contributed by atoms with Crippen molar-refractivity contribution in [1.29, 1.82) is 0 Å². The highest BCUT2D eigenvalue weighted by molar-refractivity contribution is 5.79. The molecule has 0 fully saturated rings. The lowest BCUT2D eigenvalue weighted by atomic mass is 9.89. The van der Waals surface area contributed by atoms with E-state index in [9.17, 15) is 0 Å². The van der Waals surface area contributed by atoms with Crippen molar-refractivity contribution < 1.29 is 4.74 Å². The van der Waals surface area contributed by atoms with Gasteiger partial charge in [0.2, 0.25) is 0 Å². The summed E-state index contributed by atoms with van der Waals surface area (Å²) in [6.07, 6.45) is 2.46. The first-order valence-electron chi connectivity index (χ1n) is 4.34. The van der Waals surface area contributed by atoms with Crippen molar-refractivity contribution in [2.75, 3.05) is 13.7 Å². The fourth-order valence-electron chi connectivity index (χ4n) is 1.58. The van der Waals surface area contributed by atoms with Crippen molar-refractivity contribution in [3.05, 3.63) is 0 Å². The van der Waals surface area contributed by atoms with E-state index in [-0.39, 0.29) is 0 Å². The molecule has 0 amide bonds. The van der Waals surface area contributed by atoms with Crippen LogP contribution in [0.5, 0.6) is 0 Å². The first kappa shape index (κ1) is 8.57. The maximum absolute atomic E-state index is 5.22. The van der Waals surface area contributed by atoms with Crippen LogP contribution in [0.15, 0.2) is 4.99 Å². The molecule has 1 aliphatic rings. The molecule has 0 N–H and O–H groups in total. The fourth-order valence-corrected chi connectivity index (χ4v) is 1.58. The molecule has 0 radical (unpaired) electrons. The van der Waals surface area contributed by atoms with Gasteiger partial charge < -0.3 is 4.74 Å². The van der Waals surface area contributed by atoms with Crippen LogP contribution < -0.4 is 0 Å². The van der Waals surface area contributed by atoms with E-state index in [1.807, 2.05) is 0 Å². The molecule has 0 spiro atoms. The molecular formula is C9H17NO. The maximum atomic E-state index is 5.22. The minimum Gasteiger partial charge on any atom is -0.484 e. The van der Waals surface area contributed by atoms with Crippen molar-refractivity contribution >= 4 is 5.90 Å². The molecule has 0 aromatic rings. The molecule has 0 saturated carbocycles. The Labute approximate surface area is 68.7 Å². The Hall–Kier alpha value is -0.530. The van der Waals surface area contributed by atoms with E-state index in [4.69, 9.17) is 4.74 Å². The summed E-state index contributed by atoms with van der Waals surface area (Å²) < 4.78 is 5.22. The summed E-state index contributed by atoms with van der Waals surface area (Å²) in [7, 11) is 1.72. The zero-order chi connectivity index (χ0) is 8.27. The van der Waals surface area contributed by atoms with Gasteiger partial charge in [-0.1, -0.05) is 13.8 Å². The third kappa shape index (κ3) is 1.95. The second-order valence-electron chi connectivity index (χ2n) is 3.42. The van der Waals surface area contributed by atoms with Crippen LogP contribution in [0.25, 0.3) is 0 Å². The third-order valence-corrected chi connectivity index (χ3v) is 2.27. The minimum absolute atomic E-state index is 0.564. The lowest BCUT2D eigenvalue weighted by molar-refractivity contribution is 0.309. The summed E-state index contributed by atoms with van der Waals surface area (Å²) >= 11 is 0. The molecule has 2 heteroatoms. The molecule has 0 aromatic heterocycles. The van der Waals surface area contributed by atoms with Gasteiger partial charge in [-0.3, -0.25) is 4.99 Å². The maximum Gasteiger partial charge on any atom is 0.186 e. The average Bonchev–Trinajstić information content (AvgIpc) is 2.04. The summed E-state index contributed by atoms with van der Waals surface area (Å²) in [5, 5.41) is 0. The van der Waals surface area contributed by atoms with Crippen molar-refractivity contribution in [2.45, 2.75) is 26.7 Å². The Morgan fingerprint density at radius 3 is 2.73 bits per heavy atom. The van der Waals surface area contributed by atoms with Crippen LogP contribution >= 0.6 is 0 Å².